The van der Waals surface area contributed by atoms with E-state index in [0.29, 0.717) is 11.6 Å². The average molecular weight is 351 g/mol. The number of carbonyl (C=O) groups is 1. The predicted octanol–water partition coefficient (Wildman–Crippen LogP) is 2.26. The Morgan fingerprint density at radius 1 is 1.39 bits per heavy atom. The highest BCUT2D eigenvalue weighted by Crippen LogP contribution is 2.10. The van der Waals surface area contributed by atoms with Crippen molar-refractivity contribution in [1.82, 2.24) is 25.5 Å². The Kier molecular flexibility index (Phi) is 6.19. The zero-order valence-corrected chi connectivity index (χ0v) is 13.9. The first-order valence-corrected chi connectivity index (χ1v) is 7.69. The van der Waals surface area contributed by atoms with E-state index >= 15 is 0 Å². The summed E-state index contributed by atoms with van der Waals surface area (Å²) in [6.45, 7) is 2.67. The molecule has 0 radical (unpaired) electrons. The molecule has 9 heteroatoms. The van der Waals surface area contributed by atoms with Crippen LogP contribution in [0.5, 0.6) is 0 Å². The molecule has 0 aliphatic carbocycles. The van der Waals surface area contributed by atoms with E-state index in [-0.39, 0.29) is 17.0 Å². The van der Waals surface area contributed by atoms with E-state index in [1.54, 1.807) is 30.3 Å². The summed E-state index contributed by atoms with van der Waals surface area (Å²) in [6.07, 6.45) is 3.93. The first kappa shape index (κ1) is 17.0. The van der Waals surface area contributed by atoms with Gasteiger partial charge in [-0.3, -0.25) is 15.4 Å². The van der Waals surface area contributed by atoms with Gasteiger partial charge in [0, 0.05) is 11.1 Å². The third kappa shape index (κ3) is 5.76. The van der Waals surface area contributed by atoms with Crippen LogP contribution in [-0.2, 0) is 11.3 Å². The molecule has 0 aliphatic rings. The van der Waals surface area contributed by atoms with Crippen molar-refractivity contribution in [3.8, 4) is 0 Å². The molecule has 2 N–H and O–H groups in total. The van der Waals surface area contributed by atoms with E-state index in [2.05, 4.69) is 26.0 Å². The largest absolute Gasteiger partial charge is 0.299 e. The molecule has 1 aromatic carbocycles. The third-order valence-corrected chi connectivity index (χ3v) is 3.09. The van der Waals surface area contributed by atoms with Gasteiger partial charge in [-0.2, -0.15) is 4.80 Å². The van der Waals surface area contributed by atoms with Crippen molar-refractivity contribution in [2.24, 2.45) is 0 Å². The summed E-state index contributed by atoms with van der Waals surface area (Å²) in [7, 11) is 0. The van der Waals surface area contributed by atoms with Gasteiger partial charge in [-0.25, -0.2) is 0 Å². The van der Waals surface area contributed by atoms with Crippen LogP contribution in [0, 0.1) is 0 Å². The average Bonchev–Trinajstić information content (AvgIpc) is 2.94. The van der Waals surface area contributed by atoms with Gasteiger partial charge in [0.1, 0.15) is 0 Å². The summed E-state index contributed by atoms with van der Waals surface area (Å²) in [5.74, 6) is -0.121. The van der Waals surface area contributed by atoms with Gasteiger partial charge >= 0.3 is 0 Å². The fraction of sp³-hybridized carbons (Fsp3) is 0.214. The minimum atomic E-state index is -0.363. The van der Waals surface area contributed by atoms with Crippen LogP contribution in [0.25, 0.3) is 6.08 Å². The maximum Gasteiger partial charge on any atom is 0.269 e. The molecule has 2 aromatic rings. The number of anilines is 1. The molecule has 0 aliphatic heterocycles. The number of hydrogen-bond donors (Lipinski definition) is 2. The summed E-state index contributed by atoms with van der Waals surface area (Å²) in [5.41, 5.74) is 0.854. The lowest BCUT2D eigenvalue weighted by Crippen LogP contribution is -2.33. The number of amides is 1. The quantitative estimate of drug-likeness (QED) is 0.635. The molecule has 0 atom stereocenters. The van der Waals surface area contributed by atoms with Gasteiger partial charge in [0.25, 0.3) is 5.95 Å². The third-order valence-electron chi connectivity index (χ3n) is 2.64. The van der Waals surface area contributed by atoms with Crippen LogP contribution in [0.1, 0.15) is 18.9 Å². The van der Waals surface area contributed by atoms with Gasteiger partial charge in [0.05, 0.1) is 6.54 Å². The Labute approximate surface area is 143 Å². The topological polar surface area (TPSA) is 84.7 Å². The highest BCUT2D eigenvalue weighted by molar-refractivity contribution is 7.80. The van der Waals surface area contributed by atoms with Crippen LogP contribution in [0.2, 0.25) is 5.02 Å². The molecule has 0 saturated heterocycles. The van der Waals surface area contributed by atoms with Crippen molar-refractivity contribution in [1.29, 1.82) is 0 Å². The Morgan fingerprint density at radius 3 is 2.83 bits per heavy atom. The molecule has 1 amide bonds. The molecule has 0 bridgehead atoms. The van der Waals surface area contributed by atoms with Crippen LogP contribution in [0.3, 0.4) is 0 Å². The maximum absolute atomic E-state index is 11.8. The van der Waals surface area contributed by atoms with E-state index in [4.69, 9.17) is 23.8 Å². The van der Waals surface area contributed by atoms with Gasteiger partial charge in [-0.05, 0) is 47.6 Å². The molecule has 120 valence electrons. The Morgan fingerprint density at radius 2 is 2.13 bits per heavy atom. The number of thiocarbonyl (C=S) groups is 1. The fourth-order valence-corrected chi connectivity index (χ4v) is 1.94. The van der Waals surface area contributed by atoms with Crippen LogP contribution in [0.4, 0.5) is 5.95 Å². The number of benzene rings is 1. The van der Waals surface area contributed by atoms with Crippen molar-refractivity contribution >= 4 is 46.9 Å². The smallest absolute Gasteiger partial charge is 0.269 e. The standard InChI is InChI=1S/C14H15ClN6OS/c1-2-9-21-19-13(18-20-21)17-14(23)16-12(22)8-5-10-3-6-11(15)7-4-10/h3-8H,2,9H2,1H3,(H2,16,17,19,22,23). The molecule has 0 spiro atoms. The minimum absolute atomic E-state index is 0.104. The van der Waals surface area contributed by atoms with Gasteiger partial charge < -0.3 is 0 Å². The Bertz CT molecular complexity index is 712. The van der Waals surface area contributed by atoms with Crippen LogP contribution in [0.15, 0.2) is 30.3 Å². The van der Waals surface area contributed by atoms with Crippen LogP contribution < -0.4 is 10.6 Å². The van der Waals surface area contributed by atoms with E-state index in [9.17, 15) is 4.79 Å². The van der Waals surface area contributed by atoms with Gasteiger partial charge in [0.2, 0.25) is 5.91 Å². The monoisotopic (exact) mass is 350 g/mol. The zero-order valence-electron chi connectivity index (χ0n) is 12.4. The highest BCUT2D eigenvalue weighted by Gasteiger charge is 2.06. The molecule has 1 heterocycles. The summed E-state index contributed by atoms with van der Waals surface area (Å²) in [4.78, 5) is 13.2. The number of nitrogens with one attached hydrogen (secondary N) is 2. The molecule has 7 nitrogen and oxygen atoms in total. The SMILES string of the molecule is CCCn1nnc(NC(=S)NC(=O)C=Cc2ccc(Cl)cc2)n1. The van der Waals surface area contributed by atoms with Crippen LogP contribution >= 0.6 is 23.8 Å². The minimum Gasteiger partial charge on any atom is -0.299 e. The normalized spacial score (nSPS) is 10.7. The van der Waals surface area contributed by atoms with Crippen molar-refractivity contribution in [2.75, 3.05) is 5.32 Å². The summed E-state index contributed by atoms with van der Waals surface area (Å²) >= 11 is 10.8. The molecular formula is C14H15ClN6OS. The summed E-state index contributed by atoms with van der Waals surface area (Å²) < 4.78 is 0. The number of nitrogens with zero attached hydrogens (tertiary/aromatic N) is 4. The lowest BCUT2D eigenvalue weighted by Gasteiger charge is -2.03. The van der Waals surface area contributed by atoms with E-state index in [1.165, 1.54) is 10.9 Å². The summed E-state index contributed by atoms with van der Waals surface area (Å²) in [5, 5.41) is 17.6. The number of aryl methyl sites for hydroxylation is 1. The van der Waals surface area contributed by atoms with Crippen molar-refractivity contribution in [3.05, 3.63) is 40.9 Å². The number of carbonyl (C=O) groups excluding carboxylic acids is 1. The van der Waals surface area contributed by atoms with Crippen molar-refractivity contribution in [2.45, 2.75) is 19.9 Å². The lowest BCUT2D eigenvalue weighted by molar-refractivity contribution is -0.115. The van der Waals surface area contributed by atoms with E-state index < -0.39 is 0 Å². The van der Waals surface area contributed by atoms with E-state index in [1.807, 2.05) is 6.92 Å². The molecular weight excluding hydrogens is 336 g/mol. The van der Waals surface area contributed by atoms with Gasteiger partial charge in [-0.15, -0.1) is 5.10 Å². The lowest BCUT2D eigenvalue weighted by atomic mass is 10.2. The second-order valence-corrected chi connectivity index (χ2v) is 5.38. The van der Waals surface area contributed by atoms with E-state index in [0.717, 1.165) is 12.0 Å². The molecule has 0 unspecified atom stereocenters. The molecule has 0 fully saturated rings. The fourth-order valence-electron chi connectivity index (χ4n) is 1.62. The number of rotatable bonds is 5. The second-order valence-electron chi connectivity index (χ2n) is 4.54. The Hall–Kier alpha value is -2.32. The number of aromatic nitrogens is 4. The predicted molar refractivity (Wildman–Crippen MR) is 93.0 cm³/mol. The van der Waals surface area contributed by atoms with Crippen LogP contribution in [-0.4, -0.2) is 31.2 Å². The van der Waals surface area contributed by atoms with Crippen molar-refractivity contribution in [3.63, 3.8) is 0 Å². The number of hydrogen-bond acceptors (Lipinski definition) is 5. The maximum atomic E-state index is 11.8. The summed E-state index contributed by atoms with van der Waals surface area (Å²) in [6, 6.07) is 7.10. The molecule has 23 heavy (non-hydrogen) atoms. The zero-order chi connectivity index (χ0) is 16.7. The Balaban J connectivity index is 1.84. The van der Waals surface area contributed by atoms with Crippen molar-refractivity contribution < 1.29 is 4.79 Å². The first-order valence-electron chi connectivity index (χ1n) is 6.90. The number of halogens is 1. The second kappa shape index (κ2) is 8.35. The molecule has 0 saturated carbocycles. The molecule has 2 rings (SSSR count). The molecule has 1 aromatic heterocycles. The highest BCUT2D eigenvalue weighted by atomic mass is 35.5. The first-order chi connectivity index (χ1) is 11.1. The van der Waals surface area contributed by atoms with Gasteiger partial charge in [-0.1, -0.05) is 35.8 Å². The van der Waals surface area contributed by atoms with Gasteiger partial charge in [0.15, 0.2) is 5.11 Å². The number of tetrazole rings is 1.